The molecule has 2 aromatic rings. The quantitative estimate of drug-likeness (QED) is 0.814. The first-order valence-electron chi connectivity index (χ1n) is 9.45. The van der Waals surface area contributed by atoms with Gasteiger partial charge in [0, 0.05) is 25.9 Å². The van der Waals surface area contributed by atoms with E-state index in [4.69, 9.17) is 14.5 Å². The fourth-order valence-electron chi connectivity index (χ4n) is 3.76. The number of aromatic nitrogens is 1. The van der Waals surface area contributed by atoms with Gasteiger partial charge in [-0.3, -0.25) is 4.79 Å². The third-order valence-corrected chi connectivity index (χ3v) is 6.46. The van der Waals surface area contributed by atoms with Crippen molar-refractivity contribution in [2.75, 3.05) is 63.3 Å². The summed E-state index contributed by atoms with van der Waals surface area (Å²) < 4.78 is 11.9. The van der Waals surface area contributed by atoms with Crippen LogP contribution in [0.25, 0.3) is 10.2 Å². The van der Waals surface area contributed by atoms with Crippen LogP contribution in [0.5, 0.6) is 0 Å². The van der Waals surface area contributed by atoms with Gasteiger partial charge in [0.25, 0.3) is 0 Å². The first-order valence-corrected chi connectivity index (χ1v) is 10.3. The minimum Gasteiger partial charge on any atom is -0.384 e. The molecule has 2 aliphatic rings. The molecule has 0 saturated carbocycles. The molecule has 2 aliphatic heterocycles. The maximum atomic E-state index is 13.0. The number of morpholine rings is 1. The molecule has 3 heterocycles. The summed E-state index contributed by atoms with van der Waals surface area (Å²) in [5.41, 5.74) is 1.33. The normalized spacial score (nSPS) is 20.0. The van der Waals surface area contributed by atoms with Gasteiger partial charge in [0.1, 0.15) is 0 Å². The number of benzene rings is 1. The summed E-state index contributed by atoms with van der Waals surface area (Å²) in [6.07, 6.45) is 1.58. The van der Waals surface area contributed by atoms with Crippen molar-refractivity contribution < 1.29 is 14.3 Å². The molecule has 2 saturated heterocycles. The molecular formula is C19H26N4O3S. The maximum absolute atomic E-state index is 13.0. The lowest BCUT2D eigenvalue weighted by molar-refractivity contribution is -0.130. The Labute approximate surface area is 163 Å². The Hall–Kier alpha value is -1.74. The van der Waals surface area contributed by atoms with Gasteiger partial charge in [-0.1, -0.05) is 11.3 Å². The first kappa shape index (κ1) is 18.6. The molecule has 0 aliphatic carbocycles. The highest BCUT2D eigenvalue weighted by atomic mass is 32.1. The summed E-state index contributed by atoms with van der Waals surface area (Å²) in [5, 5.41) is 7.46. The van der Waals surface area contributed by atoms with Gasteiger partial charge < -0.3 is 25.0 Å². The lowest BCUT2D eigenvalue weighted by Crippen LogP contribution is -2.47. The zero-order valence-corrected chi connectivity index (χ0v) is 16.4. The fourth-order valence-corrected chi connectivity index (χ4v) is 4.82. The van der Waals surface area contributed by atoms with E-state index < -0.39 is 5.41 Å². The van der Waals surface area contributed by atoms with Crippen LogP contribution in [-0.4, -0.2) is 64.0 Å². The number of carbonyl (C=O) groups is 1. The standard InChI is InChI=1S/C19H26N4O3S/c1-25-13-19(4-6-20-7-5-19)17(24)21-14-2-3-15-16(12-14)27-18(22-15)23-8-10-26-11-9-23/h2-3,12,20H,4-11,13H2,1H3,(H,21,24). The summed E-state index contributed by atoms with van der Waals surface area (Å²) in [7, 11) is 1.66. The number of ether oxygens (including phenoxy) is 2. The van der Waals surface area contributed by atoms with Crippen molar-refractivity contribution in [3.63, 3.8) is 0 Å². The van der Waals surface area contributed by atoms with E-state index >= 15 is 0 Å². The fraction of sp³-hybridized carbons (Fsp3) is 0.579. The van der Waals surface area contributed by atoms with E-state index in [2.05, 4.69) is 15.5 Å². The largest absolute Gasteiger partial charge is 0.384 e. The number of thiazole rings is 1. The highest BCUT2D eigenvalue weighted by Crippen LogP contribution is 2.33. The van der Waals surface area contributed by atoms with Crippen molar-refractivity contribution in [2.24, 2.45) is 5.41 Å². The predicted molar refractivity (Wildman–Crippen MR) is 108 cm³/mol. The van der Waals surface area contributed by atoms with E-state index in [-0.39, 0.29) is 5.91 Å². The van der Waals surface area contributed by atoms with Gasteiger partial charge >= 0.3 is 0 Å². The third-order valence-electron chi connectivity index (χ3n) is 5.38. The number of nitrogens with zero attached hydrogens (tertiary/aromatic N) is 2. The topological polar surface area (TPSA) is 75.7 Å². The lowest BCUT2D eigenvalue weighted by atomic mass is 9.78. The highest BCUT2D eigenvalue weighted by molar-refractivity contribution is 7.22. The number of carbonyl (C=O) groups excluding carboxylic acids is 1. The second kappa shape index (κ2) is 8.10. The highest BCUT2D eigenvalue weighted by Gasteiger charge is 2.39. The predicted octanol–water partition coefficient (Wildman–Crippen LogP) is 2.09. The summed E-state index contributed by atoms with van der Waals surface area (Å²) in [6, 6.07) is 5.94. The molecular weight excluding hydrogens is 364 g/mol. The Balaban J connectivity index is 1.52. The van der Waals surface area contributed by atoms with E-state index in [0.29, 0.717) is 6.61 Å². The molecule has 2 fully saturated rings. The van der Waals surface area contributed by atoms with Crippen LogP contribution in [0.4, 0.5) is 10.8 Å². The van der Waals surface area contributed by atoms with Crippen molar-refractivity contribution in [3.8, 4) is 0 Å². The van der Waals surface area contributed by atoms with Crippen LogP contribution in [0, 0.1) is 5.41 Å². The molecule has 1 aromatic heterocycles. The van der Waals surface area contributed by atoms with Crippen molar-refractivity contribution in [2.45, 2.75) is 12.8 Å². The SMILES string of the molecule is COCC1(C(=O)Nc2ccc3nc(N4CCOCC4)sc3c2)CCNCC1. The molecule has 7 nitrogen and oxygen atoms in total. The van der Waals surface area contributed by atoms with Gasteiger partial charge in [0.05, 0.1) is 35.5 Å². The van der Waals surface area contributed by atoms with Gasteiger partial charge in [-0.15, -0.1) is 0 Å². The van der Waals surface area contributed by atoms with Crippen LogP contribution in [0.15, 0.2) is 18.2 Å². The van der Waals surface area contributed by atoms with Crippen molar-refractivity contribution in [1.82, 2.24) is 10.3 Å². The number of hydrogen-bond donors (Lipinski definition) is 2. The van der Waals surface area contributed by atoms with E-state index in [1.165, 1.54) is 0 Å². The summed E-state index contributed by atoms with van der Waals surface area (Å²) in [6.45, 7) is 5.36. The number of hydrogen-bond acceptors (Lipinski definition) is 7. The van der Waals surface area contributed by atoms with Crippen molar-refractivity contribution in [1.29, 1.82) is 0 Å². The molecule has 0 unspecified atom stereocenters. The average Bonchev–Trinajstić information content (AvgIpc) is 3.13. The first-order chi connectivity index (χ1) is 13.2. The minimum absolute atomic E-state index is 0.0446. The molecule has 2 N–H and O–H groups in total. The van der Waals surface area contributed by atoms with Crippen molar-refractivity contribution in [3.05, 3.63) is 18.2 Å². The van der Waals surface area contributed by atoms with Crippen LogP contribution >= 0.6 is 11.3 Å². The van der Waals surface area contributed by atoms with E-state index in [1.807, 2.05) is 18.2 Å². The van der Waals surface area contributed by atoms with Crippen LogP contribution in [0.1, 0.15) is 12.8 Å². The Morgan fingerprint density at radius 2 is 2.15 bits per heavy atom. The maximum Gasteiger partial charge on any atom is 0.233 e. The second-order valence-corrected chi connectivity index (χ2v) is 8.20. The van der Waals surface area contributed by atoms with Gasteiger partial charge in [-0.25, -0.2) is 4.98 Å². The molecule has 0 atom stereocenters. The lowest BCUT2D eigenvalue weighted by Gasteiger charge is -2.35. The monoisotopic (exact) mass is 390 g/mol. The van der Waals surface area contributed by atoms with Gasteiger partial charge in [0.15, 0.2) is 5.13 Å². The van der Waals surface area contributed by atoms with Crippen LogP contribution in [0.3, 0.4) is 0 Å². The molecule has 0 spiro atoms. The minimum atomic E-state index is -0.457. The third kappa shape index (κ3) is 3.94. The number of anilines is 2. The molecule has 1 aromatic carbocycles. The number of amides is 1. The molecule has 0 bridgehead atoms. The number of piperidine rings is 1. The second-order valence-electron chi connectivity index (χ2n) is 7.20. The summed E-state index contributed by atoms with van der Waals surface area (Å²) in [4.78, 5) is 20.0. The Kier molecular flexibility index (Phi) is 5.58. The van der Waals surface area contributed by atoms with E-state index in [0.717, 1.165) is 73.3 Å². The number of fused-ring (bicyclic) bond motifs is 1. The molecule has 1 amide bonds. The van der Waals surface area contributed by atoms with E-state index in [1.54, 1.807) is 18.4 Å². The molecule has 0 radical (unpaired) electrons. The zero-order valence-electron chi connectivity index (χ0n) is 15.6. The van der Waals surface area contributed by atoms with Gasteiger partial charge in [-0.2, -0.15) is 0 Å². The average molecular weight is 391 g/mol. The molecule has 27 heavy (non-hydrogen) atoms. The summed E-state index contributed by atoms with van der Waals surface area (Å²) >= 11 is 1.66. The summed E-state index contributed by atoms with van der Waals surface area (Å²) in [5.74, 6) is 0.0446. The zero-order chi connectivity index (χ0) is 18.7. The van der Waals surface area contributed by atoms with Crippen LogP contribution < -0.4 is 15.5 Å². The van der Waals surface area contributed by atoms with Gasteiger partial charge in [-0.05, 0) is 44.1 Å². The van der Waals surface area contributed by atoms with E-state index in [9.17, 15) is 4.79 Å². The van der Waals surface area contributed by atoms with Crippen LogP contribution in [0.2, 0.25) is 0 Å². The Morgan fingerprint density at radius 1 is 1.37 bits per heavy atom. The Bertz CT molecular complexity index is 792. The van der Waals surface area contributed by atoms with Crippen LogP contribution in [-0.2, 0) is 14.3 Å². The van der Waals surface area contributed by atoms with Gasteiger partial charge in [0.2, 0.25) is 5.91 Å². The molecule has 4 rings (SSSR count). The smallest absolute Gasteiger partial charge is 0.233 e. The molecule has 146 valence electrons. The number of rotatable bonds is 5. The number of methoxy groups -OCH3 is 1. The molecule has 8 heteroatoms. The van der Waals surface area contributed by atoms with Crippen molar-refractivity contribution >= 4 is 38.3 Å². The number of nitrogens with one attached hydrogen (secondary N) is 2. The Morgan fingerprint density at radius 3 is 2.89 bits per heavy atom.